The zero-order valence-electron chi connectivity index (χ0n) is 4.99. The third kappa shape index (κ3) is 1.74. The normalized spacial score (nSPS) is 16.1. The van der Waals surface area contributed by atoms with Crippen LogP contribution in [0.1, 0.15) is 20.3 Å². The Bertz CT molecular complexity index is 70.8. The molecule has 0 amide bonds. The molecule has 0 rings (SSSR count). The predicted octanol–water partition coefficient (Wildman–Crippen LogP) is 1.41. The van der Waals surface area contributed by atoms with Crippen molar-refractivity contribution in [3.05, 3.63) is 0 Å². The minimum Gasteiger partial charge on any atom is -0.387 e. The molecule has 0 spiro atoms. The quantitative estimate of drug-likeness (QED) is 0.590. The van der Waals surface area contributed by atoms with Gasteiger partial charge in [-0.1, -0.05) is 6.92 Å². The van der Waals surface area contributed by atoms with Gasteiger partial charge in [-0.15, -0.1) is 0 Å². The Morgan fingerprint density at radius 3 is 2.00 bits per heavy atom. The summed E-state index contributed by atoms with van der Waals surface area (Å²) in [7, 11) is 0. The molecule has 0 radical (unpaired) electrons. The third-order valence-electron chi connectivity index (χ3n) is 1.08. The largest absolute Gasteiger partial charge is 0.387 e. The fraction of sp³-hybridized carbons (Fsp3) is 1.00. The molecule has 0 aromatic heterocycles. The van der Waals surface area contributed by atoms with Crippen molar-refractivity contribution in [2.24, 2.45) is 0 Å². The monoisotopic (exact) mass is 124 g/mol. The average molecular weight is 124 g/mol. The van der Waals surface area contributed by atoms with E-state index in [1.807, 2.05) is 0 Å². The molecule has 50 valence electrons. The molecule has 0 aliphatic heterocycles. The van der Waals surface area contributed by atoms with Gasteiger partial charge in [0.15, 0.2) is 0 Å². The van der Waals surface area contributed by atoms with Crippen LogP contribution in [0.3, 0.4) is 0 Å². The molecule has 8 heavy (non-hydrogen) atoms. The first-order valence-corrected chi connectivity index (χ1v) is 2.56. The standard InChI is InChI=1S/C5H10F2O/c1-3-5(6,7)4(2)8/h4,8H,3H2,1-2H3. The molecule has 1 N–H and O–H groups in total. The number of aliphatic hydroxyl groups excluding tert-OH is 1. The zero-order chi connectivity index (χ0) is 6.78. The van der Waals surface area contributed by atoms with Crippen molar-refractivity contribution >= 4 is 0 Å². The zero-order valence-corrected chi connectivity index (χ0v) is 4.99. The van der Waals surface area contributed by atoms with E-state index in [0.717, 1.165) is 6.92 Å². The van der Waals surface area contributed by atoms with E-state index in [2.05, 4.69) is 0 Å². The summed E-state index contributed by atoms with van der Waals surface area (Å²) in [5.41, 5.74) is 0. The van der Waals surface area contributed by atoms with Crippen LogP contribution in [0.4, 0.5) is 8.78 Å². The second-order valence-corrected chi connectivity index (χ2v) is 1.79. The Labute approximate surface area is 47.3 Å². The molecule has 0 saturated heterocycles. The van der Waals surface area contributed by atoms with Gasteiger partial charge < -0.3 is 5.11 Å². The van der Waals surface area contributed by atoms with Crippen LogP contribution < -0.4 is 0 Å². The first-order chi connectivity index (χ1) is 3.50. The summed E-state index contributed by atoms with van der Waals surface area (Å²) in [6.45, 7) is 2.43. The first kappa shape index (κ1) is 7.82. The molecule has 0 aromatic rings. The van der Waals surface area contributed by atoms with Crippen molar-refractivity contribution in [1.29, 1.82) is 0 Å². The van der Waals surface area contributed by atoms with Crippen LogP contribution in [0, 0.1) is 0 Å². The smallest absolute Gasteiger partial charge is 0.272 e. The van der Waals surface area contributed by atoms with Gasteiger partial charge in [0.25, 0.3) is 5.92 Å². The summed E-state index contributed by atoms with van der Waals surface area (Å²) >= 11 is 0. The molecule has 0 aliphatic carbocycles. The van der Waals surface area contributed by atoms with Crippen LogP contribution in [0.25, 0.3) is 0 Å². The lowest BCUT2D eigenvalue weighted by molar-refractivity contribution is -0.101. The van der Waals surface area contributed by atoms with Crippen LogP contribution in [0.5, 0.6) is 0 Å². The van der Waals surface area contributed by atoms with Gasteiger partial charge in [0, 0.05) is 6.42 Å². The van der Waals surface area contributed by atoms with Gasteiger partial charge in [-0.05, 0) is 6.92 Å². The van der Waals surface area contributed by atoms with E-state index in [4.69, 9.17) is 5.11 Å². The lowest BCUT2D eigenvalue weighted by Crippen LogP contribution is -2.29. The van der Waals surface area contributed by atoms with Gasteiger partial charge in [0.05, 0.1) is 0 Å². The molecule has 1 unspecified atom stereocenters. The average Bonchev–Trinajstić information content (AvgIpc) is 1.67. The highest BCUT2D eigenvalue weighted by atomic mass is 19.3. The van der Waals surface area contributed by atoms with Crippen molar-refractivity contribution < 1.29 is 13.9 Å². The van der Waals surface area contributed by atoms with Gasteiger partial charge in [-0.2, -0.15) is 0 Å². The molecule has 0 aliphatic rings. The number of hydrogen-bond acceptors (Lipinski definition) is 1. The van der Waals surface area contributed by atoms with Gasteiger partial charge in [0.1, 0.15) is 6.10 Å². The second-order valence-electron chi connectivity index (χ2n) is 1.79. The van der Waals surface area contributed by atoms with Crippen LogP contribution in [0.15, 0.2) is 0 Å². The van der Waals surface area contributed by atoms with Crippen LogP contribution in [0.2, 0.25) is 0 Å². The Morgan fingerprint density at radius 1 is 1.62 bits per heavy atom. The summed E-state index contributed by atoms with van der Waals surface area (Å²) in [6.07, 6.45) is -1.82. The summed E-state index contributed by atoms with van der Waals surface area (Å²) in [4.78, 5) is 0. The maximum Gasteiger partial charge on any atom is 0.272 e. The summed E-state index contributed by atoms with van der Waals surface area (Å²) < 4.78 is 24.1. The molecule has 1 nitrogen and oxygen atoms in total. The van der Waals surface area contributed by atoms with Crippen LogP contribution in [-0.4, -0.2) is 17.1 Å². The van der Waals surface area contributed by atoms with Crippen LogP contribution >= 0.6 is 0 Å². The number of halogens is 2. The van der Waals surface area contributed by atoms with E-state index in [1.165, 1.54) is 6.92 Å². The van der Waals surface area contributed by atoms with Crippen molar-refractivity contribution in [3.8, 4) is 0 Å². The van der Waals surface area contributed by atoms with Crippen molar-refractivity contribution in [2.75, 3.05) is 0 Å². The van der Waals surface area contributed by atoms with E-state index in [1.54, 1.807) is 0 Å². The van der Waals surface area contributed by atoms with Gasteiger partial charge in [-0.3, -0.25) is 0 Å². The lowest BCUT2D eigenvalue weighted by Gasteiger charge is -2.15. The first-order valence-electron chi connectivity index (χ1n) is 2.56. The maximum absolute atomic E-state index is 12.0. The number of hydrogen-bond donors (Lipinski definition) is 1. The Hall–Kier alpha value is -0.180. The Balaban J connectivity index is 3.71. The fourth-order valence-corrected chi connectivity index (χ4v) is 0.295. The van der Waals surface area contributed by atoms with Gasteiger partial charge in [0.2, 0.25) is 0 Å². The molecule has 0 saturated carbocycles. The molecule has 3 heteroatoms. The molecule has 0 heterocycles. The summed E-state index contributed by atoms with van der Waals surface area (Å²) in [5, 5.41) is 8.33. The number of rotatable bonds is 2. The minimum absolute atomic E-state index is 0.301. The molecule has 0 aromatic carbocycles. The van der Waals surface area contributed by atoms with E-state index in [9.17, 15) is 8.78 Å². The lowest BCUT2D eigenvalue weighted by atomic mass is 10.2. The maximum atomic E-state index is 12.0. The van der Waals surface area contributed by atoms with Crippen LogP contribution in [-0.2, 0) is 0 Å². The topological polar surface area (TPSA) is 20.2 Å². The highest BCUT2D eigenvalue weighted by Crippen LogP contribution is 2.21. The minimum atomic E-state index is -2.90. The molecule has 0 fully saturated rings. The Kier molecular flexibility index (Phi) is 2.34. The SMILES string of the molecule is CCC(F)(F)C(C)O. The summed E-state index contributed by atoms with van der Waals surface area (Å²) in [6, 6.07) is 0. The van der Waals surface area contributed by atoms with E-state index < -0.39 is 12.0 Å². The predicted molar refractivity (Wildman–Crippen MR) is 26.9 cm³/mol. The van der Waals surface area contributed by atoms with E-state index >= 15 is 0 Å². The van der Waals surface area contributed by atoms with Crippen molar-refractivity contribution in [1.82, 2.24) is 0 Å². The molecule has 1 atom stereocenters. The van der Waals surface area contributed by atoms with E-state index in [-0.39, 0.29) is 6.42 Å². The van der Waals surface area contributed by atoms with E-state index in [0.29, 0.717) is 0 Å². The number of alkyl halides is 2. The van der Waals surface area contributed by atoms with Gasteiger partial charge in [-0.25, -0.2) is 8.78 Å². The van der Waals surface area contributed by atoms with Crippen molar-refractivity contribution in [2.45, 2.75) is 32.3 Å². The third-order valence-corrected chi connectivity index (χ3v) is 1.08. The molecular weight excluding hydrogens is 114 g/mol. The van der Waals surface area contributed by atoms with Gasteiger partial charge >= 0.3 is 0 Å². The summed E-state index contributed by atoms with van der Waals surface area (Å²) in [5.74, 6) is -2.90. The highest BCUT2D eigenvalue weighted by Gasteiger charge is 2.32. The molecular formula is C5H10F2O. The Morgan fingerprint density at radius 2 is 2.00 bits per heavy atom. The second kappa shape index (κ2) is 2.40. The van der Waals surface area contributed by atoms with Crippen molar-refractivity contribution in [3.63, 3.8) is 0 Å². The fourth-order valence-electron chi connectivity index (χ4n) is 0.295. The highest BCUT2D eigenvalue weighted by molar-refractivity contribution is 4.69. The molecule has 0 bridgehead atoms. The number of aliphatic hydroxyl groups is 1.